The number of nitrogens with zero attached hydrogens (tertiary/aromatic N) is 2. The summed E-state index contributed by atoms with van der Waals surface area (Å²) >= 11 is 5.99. The Balaban J connectivity index is 1.86. The summed E-state index contributed by atoms with van der Waals surface area (Å²) in [5.41, 5.74) is 4.83. The number of aromatic nitrogens is 1. The van der Waals surface area contributed by atoms with Gasteiger partial charge in [-0.1, -0.05) is 30.9 Å². The molecule has 0 N–H and O–H groups in total. The Morgan fingerprint density at radius 2 is 1.77 bits per heavy atom. The van der Waals surface area contributed by atoms with Crippen LogP contribution in [0.15, 0.2) is 35.3 Å². The molecule has 0 spiro atoms. The van der Waals surface area contributed by atoms with Crippen molar-refractivity contribution in [3.8, 4) is 5.69 Å². The van der Waals surface area contributed by atoms with Gasteiger partial charge in [-0.05, 0) is 57.0 Å². The van der Waals surface area contributed by atoms with E-state index in [2.05, 4.69) is 42.8 Å². The normalized spacial score (nSPS) is 16.5. The third-order valence-corrected chi connectivity index (χ3v) is 4.81. The lowest BCUT2D eigenvalue weighted by Gasteiger charge is -2.17. The Labute approximate surface area is 137 Å². The molecule has 1 heterocycles. The lowest BCUT2D eigenvalue weighted by atomic mass is 9.96. The molecule has 1 aliphatic carbocycles. The second-order valence-corrected chi connectivity index (χ2v) is 6.64. The fourth-order valence-corrected chi connectivity index (χ4v) is 3.45. The molecule has 0 radical (unpaired) electrons. The van der Waals surface area contributed by atoms with Crippen LogP contribution in [0.3, 0.4) is 0 Å². The van der Waals surface area contributed by atoms with Crippen LogP contribution in [0, 0.1) is 13.8 Å². The van der Waals surface area contributed by atoms with E-state index in [0.29, 0.717) is 6.04 Å². The van der Waals surface area contributed by atoms with E-state index in [1.165, 1.54) is 49.1 Å². The molecule has 1 saturated carbocycles. The quantitative estimate of drug-likeness (QED) is 0.666. The molecule has 0 amide bonds. The van der Waals surface area contributed by atoms with Crippen LogP contribution >= 0.6 is 11.6 Å². The highest BCUT2D eigenvalue weighted by molar-refractivity contribution is 6.30. The van der Waals surface area contributed by atoms with E-state index in [-0.39, 0.29) is 0 Å². The standard InChI is InChI=1S/C19H23ClN2/c1-14-12-16(13-21-18-6-4-3-5-7-18)15(2)22(14)19-10-8-17(20)9-11-19/h8-13,18H,3-7H2,1-2H3. The van der Waals surface area contributed by atoms with Gasteiger partial charge in [-0.25, -0.2) is 0 Å². The van der Waals surface area contributed by atoms with Gasteiger partial charge in [0.1, 0.15) is 0 Å². The van der Waals surface area contributed by atoms with Crippen LogP contribution in [-0.2, 0) is 0 Å². The van der Waals surface area contributed by atoms with Gasteiger partial charge in [0.25, 0.3) is 0 Å². The van der Waals surface area contributed by atoms with Gasteiger partial charge < -0.3 is 4.57 Å². The molecular formula is C19H23ClN2. The van der Waals surface area contributed by atoms with Crippen molar-refractivity contribution < 1.29 is 0 Å². The first-order valence-electron chi connectivity index (χ1n) is 8.13. The van der Waals surface area contributed by atoms with E-state index in [1.54, 1.807) is 0 Å². The molecule has 0 aliphatic heterocycles. The fourth-order valence-electron chi connectivity index (χ4n) is 3.32. The first kappa shape index (κ1) is 15.4. The third-order valence-electron chi connectivity index (χ3n) is 4.55. The molecule has 2 aromatic rings. The maximum Gasteiger partial charge on any atom is 0.0499 e. The molecule has 22 heavy (non-hydrogen) atoms. The highest BCUT2D eigenvalue weighted by Crippen LogP contribution is 2.23. The van der Waals surface area contributed by atoms with Crippen molar-refractivity contribution in [1.29, 1.82) is 0 Å². The zero-order valence-corrected chi connectivity index (χ0v) is 14.1. The SMILES string of the molecule is Cc1cc(C=NC2CCCCC2)c(C)n1-c1ccc(Cl)cc1. The number of benzene rings is 1. The predicted molar refractivity (Wildman–Crippen MR) is 94.7 cm³/mol. The Morgan fingerprint density at radius 3 is 2.45 bits per heavy atom. The van der Waals surface area contributed by atoms with Crippen LogP contribution in [0.1, 0.15) is 49.1 Å². The van der Waals surface area contributed by atoms with E-state index in [0.717, 1.165) is 10.7 Å². The Kier molecular flexibility index (Phi) is 4.68. The molecule has 0 atom stereocenters. The van der Waals surface area contributed by atoms with Gasteiger partial charge in [0, 0.05) is 39.9 Å². The molecule has 0 unspecified atom stereocenters. The first-order chi connectivity index (χ1) is 10.6. The molecule has 1 aromatic carbocycles. The Bertz CT molecular complexity index is 661. The van der Waals surface area contributed by atoms with Crippen molar-refractivity contribution in [1.82, 2.24) is 4.57 Å². The van der Waals surface area contributed by atoms with Gasteiger partial charge >= 0.3 is 0 Å². The average Bonchev–Trinajstić information content (AvgIpc) is 2.82. The minimum Gasteiger partial charge on any atom is -0.318 e. The van der Waals surface area contributed by atoms with Crippen molar-refractivity contribution in [2.45, 2.75) is 52.0 Å². The lowest BCUT2D eigenvalue weighted by Crippen LogP contribution is -2.09. The summed E-state index contributed by atoms with van der Waals surface area (Å²) in [4.78, 5) is 4.82. The van der Waals surface area contributed by atoms with Crippen LogP contribution in [0.2, 0.25) is 5.02 Å². The largest absolute Gasteiger partial charge is 0.318 e. The van der Waals surface area contributed by atoms with Gasteiger partial charge in [0.15, 0.2) is 0 Å². The topological polar surface area (TPSA) is 17.3 Å². The first-order valence-corrected chi connectivity index (χ1v) is 8.51. The number of halogens is 1. The van der Waals surface area contributed by atoms with Crippen LogP contribution in [0.5, 0.6) is 0 Å². The molecule has 0 bridgehead atoms. The monoisotopic (exact) mass is 314 g/mol. The second kappa shape index (κ2) is 6.70. The summed E-state index contributed by atoms with van der Waals surface area (Å²) in [7, 11) is 0. The maximum absolute atomic E-state index is 5.99. The van der Waals surface area contributed by atoms with Crippen molar-refractivity contribution in [3.63, 3.8) is 0 Å². The van der Waals surface area contributed by atoms with Crippen LogP contribution in [0.4, 0.5) is 0 Å². The highest BCUT2D eigenvalue weighted by atomic mass is 35.5. The molecule has 2 nitrogen and oxygen atoms in total. The number of hydrogen-bond donors (Lipinski definition) is 0. The third kappa shape index (κ3) is 3.27. The van der Waals surface area contributed by atoms with Gasteiger partial charge in [0.05, 0.1) is 0 Å². The smallest absolute Gasteiger partial charge is 0.0499 e. The van der Waals surface area contributed by atoms with Crippen LogP contribution in [-0.4, -0.2) is 16.8 Å². The number of rotatable bonds is 3. The maximum atomic E-state index is 5.99. The zero-order valence-electron chi connectivity index (χ0n) is 13.3. The summed E-state index contributed by atoms with van der Waals surface area (Å²) in [6.45, 7) is 4.30. The van der Waals surface area contributed by atoms with Crippen LogP contribution in [0.25, 0.3) is 5.69 Å². The van der Waals surface area contributed by atoms with Crippen molar-refractivity contribution in [3.05, 3.63) is 52.3 Å². The minimum atomic E-state index is 0.521. The Hall–Kier alpha value is -1.54. The fraction of sp³-hybridized carbons (Fsp3) is 0.421. The predicted octanol–water partition coefficient (Wildman–Crippen LogP) is 5.50. The number of aliphatic imine (C=N–C) groups is 1. The van der Waals surface area contributed by atoms with Gasteiger partial charge in [0.2, 0.25) is 0 Å². The summed E-state index contributed by atoms with van der Waals surface area (Å²) in [6, 6.07) is 10.7. The molecule has 1 aromatic heterocycles. The van der Waals surface area contributed by atoms with Crippen LogP contribution < -0.4 is 0 Å². The number of aryl methyl sites for hydroxylation is 1. The van der Waals surface area contributed by atoms with E-state index >= 15 is 0 Å². The molecule has 0 saturated heterocycles. The van der Waals surface area contributed by atoms with Gasteiger partial charge in [-0.2, -0.15) is 0 Å². The van der Waals surface area contributed by atoms with Crippen molar-refractivity contribution in [2.24, 2.45) is 4.99 Å². The van der Waals surface area contributed by atoms with Gasteiger partial charge in [-0.3, -0.25) is 4.99 Å². The van der Waals surface area contributed by atoms with E-state index in [4.69, 9.17) is 16.6 Å². The lowest BCUT2D eigenvalue weighted by molar-refractivity contribution is 0.444. The molecule has 1 aliphatic rings. The van der Waals surface area contributed by atoms with Gasteiger partial charge in [-0.15, -0.1) is 0 Å². The summed E-state index contributed by atoms with van der Waals surface area (Å²) in [5, 5.41) is 0.769. The highest BCUT2D eigenvalue weighted by Gasteiger charge is 2.13. The summed E-state index contributed by atoms with van der Waals surface area (Å²) < 4.78 is 2.26. The zero-order chi connectivity index (χ0) is 15.5. The molecule has 3 rings (SSSR count). The Morgan fingerprint density at radius 1 is 1.09 bits per heavy atom. The molecule has 3 heteroatoms. The molecule has 116 valence electrons. The van der Waals surface area contributed by atoms with Crippen molar-refractivity contribution in [2.75, 3.05) is 0 Å². The number of hydrogen-bond acceptors (Lipinski definition) is 1. The average molecular weight is 315 g/mol. The second-order valence-electron chi connectivity index (χ2n) is 6.21. The summed E-state index contributed by atoms with van der Waals surface area (Å²) in [5.74, 6) is 0. The molecular weight excluding hydrogens is 292 g/mol. The van der Waals surface area contributed by atoms with E-state index in [1.807, 2.05) is 12.1 Å². The van der Waals surface area contributed by atoms with Crippen molar-refractivity contribution >= 4 is 17.8 Å². The molecule has 1 fully saturated rings. The van der Waals surface area contributed by atoms with E-state index in [9.17, 15) is 0 Å². The summed E-state index contributed by atoms with van der Waals surface area (Å²) in [6.07, 6.45) is 8.58. The van der Waals surface area contributed by atoms with E-state index < -0.39 is 0 Å². The minimum absolute atomic E-state index is 0.521.